The Bertz CT molecular complexity index is 912. The maximum absolute atomic E-state index is 12.2. The maximum atomic E-state index is 12.2. The van der Waals surface area contributed by atoms with E-state index in [9.17, 15) is 4.79 Å². The second-order valence-electron chi connectivity index (χ2n) is 5.51. The molecule has 132 valence electrons. The number of ether oxygens (including phenoxy) is 1. The summed E-state index contributed by atoms with van der Waals surface area (Å²) in [6, 6.07) is 15.7. The van der Waals surface area contributed by atoms with Crippen molar-refractivity contribution in [2.75, 3.05) is 17.7 Å². The monoisotopic (exact) mass is 368 g/mol. The Hall–Kier alpha value is -3.12. The molecule has 0 unspecified atom stereocenters. The Labute approximate surface area is 156 Å². The van der Waals surface area contributed by atoms with Crippen LogP contribution >= 0.6 is 11.6 Å². The van der Waals surface area contributed by atoms with Gasteiger partial charge in [-0.25, -0.2) is 4.98 Å². The normalized spacial score (nSPS) is 10.3. The van der Waals surface area contributed by atoms with Crippen molar-refractivity contribution in [1.82, 2.24) is 9.97 Å². The molecule has 1 amide bonds. The van der Waals surface area contributed by atoms with Gasteiger partial charge in [-0.15, -0.1) is 0 Å². The van der Waals surface area contributed by atoms with Gasteiger partial charge in [0.05, 0.1) is 7.11 Å². The summed E-state index contributed by atoms with van der Waals surface area (Å²) in [5.41, 5.74) is 2.06. The molecule has 0 atom stereocenters. The van der Waals surface area contributed by atoms with Crippen molar-refractivity contribution in [3.05, 3.63) is 71.0 Å². The highest BCUT2D eigenvalue weighted by Gasteiger charge is 2.06. The third-order valence-corrected chi connectivity index (χ3v) is 3.80. The van der Waals surface area contributed by atoms with Gasteiger partial charge in [0, 0.05) is 28.0 Å². The molecular formula is C19H17ClN4O2. The predicted octanol–water partition coefficient (Wildman–Crippen LogP) is 4.44. The molecule has 3 rings (SSSR count). The summed E-state index contributed by atoms with van der Waals surface area (Å²) < 4.78 is 5.14. The number of hydrogen-bond donors (Lipinski definition) is 2. The number of anilines is 3. The average molecular weight is 369 g/mol. The van der Waals surface area contributed by atoms with E-state index in [-0.39, 0.29) is 5.91 Å². The van der Waals surface area contributed by atoms with Gasteiger partial charge in [-0.05, 0) is 55.5 Å². The molecule has 6 nitrogen and oxygen atoms in total. The van der Waals surface area contributed by atoms with Crippen LogP contribution in [-0.4, -0.2) is 23.0 Å². The summed E-state index contributed by atoms with van der Waals surface area (Å²) in [6.45, 7) is 1.79. The lowest BCUT2D eigenvalue weighted by molar-refractivity contribution is 0.102. The number of aromatic nitrogens is 2. The van der Waals surface area contributed by atoms with Crippen LogP contribution in [0.15, 0.2) is 54.6 Å². The van der Waals surface area contributed by atoms with Crippen molar-refractivity contribution in [2.24, 2.45) is 0 Å². The van der Waals surface area contributed by atoms with Gasteiger partial charge < -0.3 is 15.4 Å². The molecular weight excluding hydrogens is 352 g/mol. The third kappa shape index (κ3) is 4.49. The molecule has 0 bridgehead atoms. The summed E-state index contributed by atoms with van der Waals surface area (Å²) in [5.74, 6) is 1.54. The van der Waals surface area contributed by atoms with E-state index in [1.165, 1.54) is 0 Å². The average Bonchev–Trinajstić information content (AvgIpc) is 2.63. The molecule has 0 aliphatic rings. The number of nitrogens with one attached hydrogen (secondary N) is 2. The fourth-order valence-corrected chi connectivity index (χ4v) is 2.42. The highest BCUT2D eigenvalue weighted by Crippen LogP contribution is 2.20. The van der Waals surface area contributed by atoms with Crippen LogP contribution in [-0.2, 0) is 0 Å². The molecule has 2 N–H and O–H groups in total. The Balaban J connectivity index is 1.67. The molecule has 26 heavy (non-hydrogen) atoms. The lowest BCUT2D eigenvalue weighted by atomic mass is 10.2. The van der Waals surface area contributed by atoms with E-state index in [0.717, 1.165) is 5.69 Å². The van der Waals surface area contributed by atoms with Gasteiger partial charge in [-0.2, -0.15) is 4.98 Å². The van der Waals surface area contributed by atoms with Gasteiger partial charge in [0.1, 0.15) is 11.6 Å². The van der Waals surface area contributed by atoms with E-state index in [1.807, 2.05) is 12.1 Å². The minimum atomic E-state index is -0.196. The molecule has 0 fully saturated rings. The van der Waals surface area contributed by atoms with E-state index >= 15 is 0 Å². The van der Waals surface area contributed by atoms with Crippen molar-refractivity contribution in [1.29, 1.82) is 0 Å². The lowest BCUT2D eigenvalue weighted by Gasteiger charge is -2.09. The van der Waals surface area contributed by atoms with Gasteiger partial charge in [-0.3, -0.25) is 4.79 Å². The van der Waals surface area contributed by atoms with Gasteiger partial charge in [-0.1, -0.05) is 11.6 Å². The number of benzene rings is 2. The van der Waals surface area contributed by atoms with Gasteiger partial charge >= 0.3 is 0 Å². The Morgan fingerprint density at radius 3 is 2.31 bits per heavy atom. The zero-order chi connectivity index (χ0) is 18.5. The number of hydrogen-bond acceptors (Lipinski definition) is 5. The summed E-state index contributed by atoms with van der Waals surface area (Å²) >= 11 is 5.83. The number of carbonyl (C=O) groups excluding carboxylic acids is 1. The standard InChI is InChI=1S/C19H17ClN4O2/c1-12-21-17(11-18(22-12)26-2)23-15-7-9-16(10-8-15)24-19(25)13-3-5-14(20)6-4-13/h3-11H,1-2H3,(H,24,25)(H,21,22,23). The first-order chi connectivity index (χ1) is 12.5. The van der Waals surface area contributed by atoms with Crippen molar-refractivity contribution in [3.63, 3.8) is 0 Å². The zero-order valence-electron chi connectivity index (χ0n) is 14.3. The van der Waals surface area contributed by atoms with Crippen LogP contribution in [0.4, 0.5) is 17.2 Å². The third-order valence-electron chi connectivity index (χ3n) is 3.55. The predicted molar refractivity (Wildman–Crippen MR) is 102 cm³/mol. The van der Waals surface area contributed by atoms with Crippen LogP contribution in [0.5, 0.6) is 5.88 Å². The fraction of sp³-hybridized carbons (Fsp3) is 0.105. The number of halogens is 1. The molecule has 1 heterocycles. The highest BCUT2D eigenvalue weighted by atomic mass is 35.5. The van der Waals surface area contributed by atoms with E-state index in [2.05, 4.69) is 20.6 Å². The van der Waals surface area contributed by atoms with Crippen LogP contribution in [0.3, 0.4) is 0 Å². The van der Waals surface area contributed by atoms with Crippen molar-refractivity contribution in [2.45, 2.75) is 6.92 Å². The molecule has 0 saturated carbocycles. The number of rotatable bonds is 5. The van der Waals surface area contributed by atoms with E-state index in [4.69, 9.17) is 16.3 Å². The van der Waals surface area contributed by atoms with Gasteiger partial charge in [0.15, 0.2) is 0 Å². The second-order valence-corrected chi connectivity index (χ2v) is 5.94. The van der Waals surface area contributed by atoms with Crippen LogP contribution in [0, 0.1) is 6.92 Å². The van der Waals surface area contributed by atoms with Crippen LogP contribution in [0.1, 0.15) is 16.2 Å². The molecule has 0 spiro atoms. The van der Waals surface area contributed by atoms with Crippen LogP contribution in [0.25, 0.3) is 0 Å². The summed E-state index contributed by atoms with van der Waals surface area (Å²) in [7, 11) is 1.56. The van der Waals surface area contributed by atoms with E-state index in [0.29, 0.717) is 33.8 Å². The first-order valence-electron chi connectivity index (χ1n) is 7.87. The van der Waals surface area contributed by atoms with Crippen LogP contribution < -0.4 is 15.4 Å². The number of carbonyl (C=O) groups is 1. The number of aryl methyl sites for hydroxylation is 1. The number of nitrogens with zero attached hydrogens (tertiary/aromatic N) is 2. The van der Waals surface area contributed by atoms with E-state index < -0.39 is 0 Å². The molecule has 0 radical (unpaired) electrons. The summed E-state index contributed by atoms with van der Waals surface area (Å²) in [5, 5.41) is 6.61. The van der Waals surface area contributed by atoms with Gasteiger partial charge in [0.25, 0.3) is 5.91 Å². The quantitative estimate of drug-likeness (QED) is 0.696. The highest BCUT2D eigenvalue weighted by molar-refractivity contribution is 6.30. The lowest BCUT2D eigenvalue weighted by Crippen LogP contribution is -2.11. The Kier molecular flexibility index (Phi) is 5.34. The molecule has 7 heteroatoms. The number of amides is 1. The van der Waals surface area contributed by atoms with E-state index in [1.54, 1.807) is 56.5 Å². The topological polar surface area (TPSA) is 76.1 Å². The SMILES string of the molecule is COc1cc(Nc2ccc(NC(=O)c3ccc(Cl)cc3)cc2)nc(C)n1. The first kappa shape index (κ1) is 17.7. The van der Waals surface area contributed by atoms with Gasteiger partial charge in [0.2, 0.25) is 5.88 Å². The smallest absolute Gasteiger partial charge is 0.255 e. The molecule has 0 saturated heterocycles. The van der Waals surface area contributed by atoms with Crippen molar-refractivity contribution < 1.29 is 9.53 Å². The number of methoxy groups -OCH3 is 1. The summed E-state index contributed by atoms with van der Waals surface area (Å²) in [4.78, 5) is 20.7. The molecule has 3 aromatic rings. The summed E-state index contributed by atoms with van der Waals surface area (Å²) in [6.07, 6.45) is 0. The Morgan fingerprint density at radius 2 is 1.65 bits per heavy atom. The maximum Gasteiger partial charge on any atom is 0.255 e. The molecule has 0 aliphatic carbocycles. The largest absolute Gasteiger partial charge is 0.481 e. The fourth-order valence-electron chi connectivity index (χ4n) is 2.30. The minimum Gasteiger partial charge on any atom is -0.481 e. The van der Waals surface area contributed by atoms with Crippen LogP contribution in [0.2, 0.25) is 5.02 Å². The van der Waals surface area contributed by atoms with Crippen molar-refractivity contribution in [3.8, 4) is 5.88 Å². The first-order valence-corrected chi connectivity index (χ1v) is 8.25. The Morgan fingerprint density at radius 1 is 1.00 bits per heavy atom. The minimum absolute atomic E-state index is 0.196. The van der Waals surface area contributed by atoms with Crippen molar-refractivity contribution >= 4 is 34.7 Å². The zero-order valence-corrected chi connectivity index (χ0v) is 15.0. The molecule has 2 aromatic carbocycles. The second kappa shape index (κ2) is 7.84. The molecule has 0 aliphatic heterocycles. The molecule has 1 aromatic heterocycles.